The first-order chi connectivity index (χ1) is 9.63. The lowest BCUT2D eigenvalue weighted by Crippen LogP contribution is -2.24. The minimum absolute atomic E-state index is 0.107. The zero-order valence-electron chi connectivity index (χ0n) is 10.9. The SMILES string of the molecule is C#CCNCC(OCC#C)c1cc(O)c(O)c(C#C)c1. The first-order valence-corrected chi connectivity index (χ1v) is 5.85. The van der Waals surface area contributed by atoms with Crippen molar-refractivity contribution in [3.8, 4) is 48.5 Å². The molecule has 0 aromatic heterocycles. The maximum Gasteiger partial charge on any atom is 0.173 e. The number of aromatic hydroxyl groups is 2. The van der Waals surface area contributed by atoms with Gasteiger partial charge in [0, 0.05) is 6.54 Å². The van der Waals surface area contributed by atoms with Gasteiger partial charge in [-0.2, -0.15) is 0 Å². The lowest BCUT2D eigenvalue weighted by molar-refractivity contribution is 0.0781. The van der Waals surface area contributed by atoms with Gasteiger partial charge in [-0.1, -0.05) is 17.8 Å². The van der Waals surface area contributed by atoms with Crippen LogP contribution >= 0.6 is 0 Å². The maximum absolute atomic E-state index is 9.66. The van der Waals surface area contributed by atoms with E-state index in [0.29, 0.717) is 18.7 Å². The molecular weight excluding hydrogens is 254 g/mol. The Balaban J connectivity index is 3.01. The number of terminal acetylenes is 3. The quantitative estimate of drug-likeness (QED) is 0.409. The highest BCUT2D eigenvalue weighted by Crippen LogP contribution is 2.32. The Bertz CT molecular complexity index is 587. The summed E-state index contributed by atoms with van der Waals surface area (Å²) in [4.78, 5) is 0. The number of nitrogens with one attached hydrogen (secondary N) is 1. The van der Waals surface area contributed by atoms with E-state index < -0.39 is 6.10 Å². The topological polar surface area (TPSA) is 61.7 Å². The van der Waals surface area contributed by atoms with Crippen LogP contribution in [0.25, 0.3) is 0 Å². The van der Waals surface area contributed by atoms with Crippen molar-refractivity contribution >= 4 is 0 Å². The third-order valence-corrected chi connectivity index (χ3v) is 2.56. The molecule has 1 rings (SSSR count). The van der Waals surface area contributed by atoms with Crippen molar-refractivity contribution < 1.29 is 14.9 Å². The molecular formula is C16H15NO3. The van der Waals surface area contributed by atoms with Crippen molar-refractivity contribution in [3.63, 3.8) is 0 Å². The van der Waals surface area contributed by atoms with Crippen LogP contribution in [0.2, 0.25) is 0 Å². The molecule has 0 heterocycles. The third-order valence-electron chi connectivity index (χ3n) is 2.56. The fraction of sp³-hybridized carbons (Fsp3) is 0.250. The molecule has 4 nitrogen and oxygen atoms in total. The van der Waals surface area contributed by atoms with Crippen molar-refractivity contribution in [1.82, 2.24) is 5.32 Å². The van der Waals surface area contributed by atoms with Crippen molar-refractivity contribution in [2.45, 2.75) is 6.10 Å². The average molecular weight is 269 g/mol. The van der Waals surface area contributed by atoms with Crippen LogP contribution in [0.4, 0.5) is 0 Å². The molecule has 0 aliphatic rings. The Morgan fingerprint density at radius 3 is 2.55 bits per heavy atom. The Labute approximate surface area is 118 Å². The van der Waals surface area contributed by atoms with Crippen LogP contribution in [0.5, 0.6) is 11.5 Å². The lowest BCUT2D eigenvalue weighted by Gasteiger charge is -2.18. The van der Waals surface area contributed by atoms with Gasteiger partial charge in [-0.3, -0.25) is 0 Å². The minimum atomic E-state index is -0.432. The highest BCUT2D eigenvalue weighted by Gasteiger charge is 2.16. The molecule has 0 spiro atoms. The molecule has 0 saturated carbocycles. The molecule has 3 N–H and O–H groups in total. The first kappa shape index (κ1) is 15.5. The van der Waals surface area contributed by atoms with Crippen molar-refractivity contribution in [2.24, 2.45) is 0 Å². The number of benzene rings is 1. The van der Waals surface area contributed by atoms with E-state index in [9.17, 15) is 10.2 Å². The van der Waals surface area contributed by atoms with Crippen LogP contribution in [0.1, 0.15) is 17.2 Å². The summed E-state index contributed by atoms with van der Waals surface area (Å²) < 4.78 is 5.49. The molecule has 0 aliphatic carbocycles. The van der Waals surface area contributed by atoms with E-state index in [1.807, 2.05) is 0 Å². The molecule has 0 bridgehead atoms. The molecule has 102 valence electrons. The Hall–Kier alpha value is -2.58. The van der Waals surface area contributed by atoms with E-state index >= 15 is 0 Å². The van der Waals surface area contributed by atoms with Gasteiger partial charge in [0.25, 0.3) is 0 Å². The van der Waals surface area contributed by atoms with E-state index in [0.717, 1.165) is 0 Å². The molecule has 0 fully saturated rings. The summed E-state index contributed by atoms with van der Waals surface area (Å²) in [7, 11) is 0. The van der Waals surface area contributed by atoms with Gasteiger partial charge in [-0.25, -0.2) is 0 Å². The van der Waals surface area contributed by atoms with Crippen LogP contribution in [0, 0.1) is 37.0 Å². The van der Waals surface area contributed by atoms with E-state index in [1.54, 1.807) is 6.07 Å². The van der Waals surface area contributed by atoms with Crippen molar-refractivity contribution in [3.05, 3.63) is 23.3 Å². The number of rotatable bonds is 6. The molecule has 0 amide bonds. The predicted molar refractivity (Wildman–Crippen MR) is 76.9 cm³/mol. The van der Waals surface area contributed by atoms with E-state index in [4.69, 9.17) is 24.0 Å². The smallest absolute Gasteiger partial charge is 0.173 e. The van der Waals surface area contributed by atoms with Crippen LogP contribution in [0.3, 0.4) is 0 Å². The number of phenols is 2. The fourth-order valence-electron chi connectivity index (χ4n) is 1.63. The Morgan fingerprint density at radius 2 is 1.95 bits per heavy atom. The first-order valence-electron chi connectivity index (χ1n) is 5.85. The number of hydrogen-bond donors (Lipinski definition) is 3. The minimum Gasteiger partial charge on any atom is -0.504 e. The predicted octanol–water partition coefficient (Wildman–Crippen LogP) is 0.993. The van der Waals surface area contributed by atoms with E-state index in [1.165, 1.54) is 6.07 Å². The molecule has 1 aromatic carbocycles. The van der Waals surface area contributed by atoms with Gasteiger partial charge in [0.1, 0.15) is 6.61 Å². The number of ether oxygens (including phenoxy) is 1. The molecule has 4 heteroatoms. The van der Waals surface area contributed by atoms with E-state index in [-0.39, 0.29) is 23.7 Å². The van der Waals surface area contributed by atoms with Crippen LogP contribution in [-0.4, -0.2) is 29.9 Å². The van der Waals surface area contributed by atoms with Crippen LogP contribution in [0.15, 0.2) is 12.1 Å². The van der Waals surface area contributed by atoms with Crippen LogP contribution in [-0.2, 0) is 4.74 Å². The number of phenolic OH excluding ortho intramolecular Hbond substituents is 2. The van der Waals surface area contributed by atoms with E-state index in [2.05, 4.69) is 23.1 Å². The maximum atomic E-state index is 9.66. The summed E-state index contributed by atoms with van der Waals surface area (Å²) in [5, 5.41) is 22.2. The highest BCUT2D eigenvalue weighted by atomic mass is 16.5. The van der Waals surface area contributed by atoms with Gasteiger partial charge in [-0.05, 0) is 17.7 Å². The molecule has 20 heavy (non-hydrogen) atoms. The standard InChI is InChI=1S/C16H15NO3/c1-4-7-17-11-15(20-8-5-2)13-9-12(6-3)16(19)14(18)10-13/h1-3,9-10,15,17-19H,7-8,11H2. The largest absolute Gasteiger partial charge is 0.504 e. The molecule has 0 radical (unpaired) electrons. The van der Waals surface area contributed by atoms with Gasteiger partial charge in [0.15, 0.2) is 11.5 Å². The van der Waals surface area contributed by atoms with Crippen LogP contribution < -0.4 is 5.32 Å². The Kier molecular flexibility index (Phi) is 6.01. The summed E-state index contributed by atoms with van der Waals surface area (Å²) in [5.74, 6) is 6.48. The second-order valence-electron chi connectivity index (χ2n) is 3.92. The Morgan fingerprint density at radius 1 is 1.20 bits per heavy atom. The summed E-state index contributed by atoms with van der Waals surface area (Å²) in [6.45, 7) is 0.886. The van der Waals surface area contributed by atoms with Crippen molar-refractivity contribution in [2.75, 3.05) is 19.7 Å². The molecule has 1 atom stereocenters. The molecule has 1 aromatic rings. The van der Waals surface area contributed by atoms with Gasteiger partial charge >= 0.3 is 0 Å². The van der Waals surface area contributed by atoms with Crippen molar-refractivity contribution in [1.29, 1.82) is 0 Å². The third kappa shape index (κ3) is 3.97. The van der Waals surface area contributed by atoms with Gasteiger partial charge in [-0.15, -0.1) is 19.3 Å². The summed E-state index contributed by atoms with van der Waals surface area (Å²) in [5.41, 5.74) is 0.791. The molecule has 0 saturated heterocycles. The number of hydrogen-bond acceptors (Lipinski definition) is 4. The second kappa shape index (κ2) is 7.77. The normalized spacial score (nSPS) is 11.1. The average Bonchev–Trinajstić information content (AvgIpc) is 2.45. The zero-order valence-corrected chi connectivity index (χ0v) is 10.9. The summed E-state index contributed by atoms with van der Waals surface area (Å²) in [6, 6.07) is 2.95. The highest BCUT2D eigenvalue weighted by molar-refractivity contribution is 5.54. The van der Waals surface area contributed by atoms with Gasteiger partial charge in [0.2, 0.25) is 0 Å². The summed E-state index contributed by atoms with van der Waals surface area (Å²) in [6.07, 6.45) is 15.2. The molecule has 1 unspecified atom stereocenters. The monoisotopic (exact) mass is 269 g/mol. The zero-order chi connectivity index (χ0) is 15.0. The lowest BCUT2D eigenvalue weighted by atomic mass is 10.0. The van der Waals surface area contributed by atoms with Gasteiger partial charge in [0.05, 0.1) is 18.2 Å². The molecule has 0 aliphatic heterocycles. The summed E-state index contributed by atoms with van der Waals surface area (Å²) >= 11 is 0. The second-order valence-corrected chi connectivity index (χ2v) is 3.92. The van der Waals surface area contributed by atoms with Gasteiger partial charge < -0.3 is 20.3 Å². The fourth-order valence-corrected chi connectivity index (χ4v) is 1.63.